The van der Waals surface area contributed by atoms with Crippen molar-refractivity contribution < 1.29 is 0 Å². The van der Waals surface area contributed by atoms with E-state index in [0.29, 0.717) is 22.7 Å². The lowest BCUT2D eigenvalue weighted by Crippen LogP contribution is -2.22. The van der Waals surface area contributed by atoms with Crippen LogP contribution in [0.25, 0.3) is 0 Å². The van der Waals surface area contributed by atoms with Crippen LogP contribution in [-0.4, -0.2) is 16.7 Å². The normalized spacial score (nSPS) is 16.0. The fraction of sp³-hybridized carbons (Fsp3) is 0.688. The standard InChI is InChI=1S/C16H24N4/c1-5-12-13(9-17)15(20-19-14(12)6-2)18-10-16(7-8-16)11(3)4/h11H,5-8,10H2,1-4H3,(H,18,20). The zero-order chi connectivity index (χ0) is 14.8. The molecule has 1 aliphatic rings. The summed E-state index contributed by atoms with van der Waals surface area (Å²) in [6.45, 7) is 9.54. The van der Waals surface area contributed by atoms with Crippen molar-refractivity contribution in [3.05, 3.63) is 16.8 Å². The van der Waals surface area contributed by atoms with Crippen LogP contribution in [0, 0.1) is 22.7 Å². The van der Waals surface area contributed by atoms with E-state index in [1.807, 2.05) is 0 Å². The molecule has 1 heterocycles. The third-order valence-corrected chi connectivity index (χ3v) is 4.68. The molecule has 0 radical (unpaired) electrons. The Labute approximate surface area is 121 Å². The Kier molecular flexibility index (Phi) is 4.27. The molecular weight excluding hydrogens is 248 g/mol. The van der Waals surface area contributed by atoms with Crippen LogP contribution in [0.1, 0.15) is 57.4 Å². The summed E-state index contributed by atoms with van der Waals surface area (Å²) >= 11 is 0. The minimum Gasteiger partial charge on any atom is -0.367 e. The van der Waals surface area contributed by atoms with Gasteiger partial charge in [0.2, 0.25) is 0 Å². The lowest BCUT2D eigenvalue weighted by atomic mass is 9.92. The highest BCUT2D eigenvalue weighted by Gasteiger charge is 2.45. The summed E-state index contributed by atoms with van der Waals surface area (Å²) in [5.41, 5.74) is 3.06. The maximum atomic E-state index is 9.45. The molecule has 0 bridgehead atoms. The summed E-state index contributed by atoms with van der Waals surface area (Å²) in [5, 5.41) is 21.3. The average Bonchev–Trinajstić information content (AvgIpc) is 3.25. The predicted molar refractivity (Wildman–Crippen MR) is 80.5 cm³/mol. The number of aryl methyl sites for hydroxylation is 1. The van der Waals surface area contributed by atoms with Crippen molar-refractivity contribution in [2.75, 3.05) is 11.9 Å². The van der Waals surface area contributed by atoms with Crippen molar-refractivity contribution >= 4 is 5.82 Å². The highest BCUT2D eigenvalue weighted by atomic mass is 15.2. The Balaban J connectivity index is 2.22. The van der Waals surface area contributed by atoms with Crippen LogP contribution in [0.4, 0.5) is 5.82 Å². The Morgan fingerprint density at radius 1 is 1.25 bits per heavy atom. The van der Waals surface area contributed by atoms with Crippen LogP contribution in [0.2, 0.25) is 0 Å². The summed E-state index contributed by atoms with van der Waals surface area (Å²) in [6, 6.07) is 2.31. The quantitative estimate of drug-likeness (QED) is 0.863. The predicted octanol–water partition coefficient (Wildman–Crippen LogP) is 3.32. The number of nitriles is 1. The van der Waals surface area contributed by atoms with Crippen molar-refractivity contribution in [3.8, 4) is 6.07 Å². The van der Waals surface area contributed by atoms with Gasteiger partial charge in [-0.25, -0.2) is 0 Å². The highest BCUT2D eigenvalue weighted by Crippen LogP contribution is 2.51. The van der Waals surface area contributed by atoms with E-state index in [4.69, 9.17) is 0 Å². The van der Waals surface area contributed by atoms with E-state index in [0.717, 1.165) is 30.6 Å². The van der Waals surface area contributed by atoms with Crippen LogP contribution < -0.4 is 5.32 Å². The van der Waals surface area contributed by atoms with Crippen LogP contribution in [-0.2, 0) is 12.8 Å². The van der Waals surface area contributed by atoms with Crippen LogP contribution in [0.15, 0.2) is 0 Å². The van der Waals surface area contributed by atoms with Gasteiger partial charge in [0.1, 0.15) is 11.6 Å². The van der Waals surface area contributed by atoms with Crippen molar-refractivity contribution in [1.29, 1.82) is 5.26 Å². The molecule has 1 saturated carbocycles. The SMILES string of the molecule is CCc1nnc(NCC2(C(C)C)CC2)c(C#N)c1CC. The number of hydrogen-bond acceptors (Lipinski definition) is 4. The Morgan fingerprint density at radius 3 is 2.40 bits per heavy atom. The second-order valence-corrected chi connectivity index (χ2v) is 6.04. The summed E-state index contributed by atoms with van der Waals surface area (Å²) in [5.74, 6) is 1.32. The molecule has 0 aliphatic heterocycles. The van der Waals surface area contributed by atoms with E-state index in [9.17, 15) is 5.26 Å². The van der Waals surface area contributed by atoms with Crippen molar-refractivity contribution in [2.45, 2.75) is 53.4 Å². The van der Waals surface area contributed by atoms with E-state index in [-0.39, 0.29) is 0 Å². The molecule has 108 valence electrons. The van der Waals surface area contributed by atoms with Gasteiger partial charge in [-0.3, -0.25) is 0 Å². The van der Waals surface area contributed by atoms with Gasteiger partial charge in [0.15, 0.2) is 5.82 Å². The molecule has 0 spiro atoms. The minimum atomic E-state index is 0.393. The van der Waals surface area contributed by atoms with Gasteiger partial charge in [-0.15, -0.1) is 5.10 Å². The van der Waals surface area contributed by atoms with Crippen molar-refractivity contribution in [2.24, 2.45) is 11.3 Å². The van der Waals surface area contributed by atoms with Gasteiger partial charge in [0.25, 0.3) is 0 Å². The van der Waals surface area contributed by atoms with Crippen molar-refractivity contribution in [3.63, 3.8) is 0 Å². The van der Waals surface area contributed by atoms with Crippen molar-refractivity contribution in [1.82, 2.24) is 10.2 Å². The molecule has 0 atom stereocenters. The monoisotopic (exact) mass is 272 g/mol. The first-order chi connectivity index (χ1) is 9.57. The Hall–Kier alpha value is -1.63. The van der Waals surface area contributed by atoms with Crippen LogP contribution in [0.5, 0.6) is 0 Å². The molecule has 1 fully saturated rings. The van der Waals surface area contributed by atoms with E-state index >= 15 is 0 Å². The molecule has 4 nitrogen and oxygen atoms in total. The van der Waals surface area contributed by atoms with Gasteiger partial charge in [0.05, 0.1) is 5.69 Å². The number of aromatic nitrogens is 2. The summed E-state index contributed by atoms with van der Waals surface area (Å²) < 4.78 is 0. The molecule has 0 saturated heterocycles. The number of anilines is 1. The second-order valence-electron chi connectivity index (χ2n) is 6.04. The first-order valence-electron chi connectivity index (χ1n) is 7.60. The molecular formula is C16H24N4. The summed E-state index contributed by atoms with van der Waals surface area (Å²) in [4.78, 5) is 0. The molecule has 2 rings (SSSR count). The Bertz CT molecular complexity index is 524. The number of hydrogen-bond donors (Lipinski definition) is 1. The van der Waals surface area contributed by atoms with E-state index < -0.39 is 0 Å². The average molecular weight is 272 g/mol. The lowest BCUT2D eigenvalue weighted by molar-refractivity contribution is 0.379. The maximum Gasteiger partial charge on any atom is 0.166 e. The van der Waals surface area contributed by atoms with Gasteiger partial charge in [-0.05, 0) is 42.6 Å². The molecule has 1 aromatic heterocycles. The van der Waals surface area contributed by atoms with E-state index in [1.54, 1.807) is 0 Å². The molecule has 20 heavy (non-hydrogen) atoms. The first kappa shape index (κ1) is 14.8. The first-order valence-corrected chi connectivity index (χ1v) is 7.60. The van der Waals surface area contributed by atoms with Gasteiger partial charge < -0.3 is 5.32 Å². The highest BCUT2D eigenvalue weighted by molar-refractivity contribution is 5.56. The largest absolute Gasteiger partial charge is 0.367 e. The topological polar surface area (TPSA) is 61.6 Å². The van der Waals surface area contributed by atoms with E-state index in [1.165, 1.54) is 12.8 Å². The summed E-state index contributed by atoms with van der Waals surface area (Å²) in [7, 11) is 0. The van der Waals surface area contributed by atoms with Gasteiger partial charge in [-0.2, -0.15) is 10.4 Å². The molecule has 1 aliphatic carbocycles. The van der Waals surface area contributed by atoms with E-state index in [2.05, 4.69) is 49.3 Å². The van der Waals surface area contributed by atoms with Gasteiger partial charge >= 0.3 is 0 Å². The number of nitrogens with one attached hydrogen (secondary N) is 1. The molecule has 0 aromatic carbocycles. The fourth-order valence-corrected chi connectivity index (χ4v) is 2.80. The molecule has 1 aromatic rings. The molecule has 1 N–H and O–H groups in total. The van der Waals surface area contributed by atoms with Crippen LogP contribution in [0.3, 0.4) is 0 Å². The molecule has 0 unspecified atom stereocenters. The summed E-state index contributed by atoms with van der Waals surface area (Å²) in [6.07, 6.45) is 4.17. The molecule has 4 heteroatoms. The number of nitrogens with zero attached hydrogens (tertiary/aromatic N) is 3. The second kappa shape index (κ2) is 5.78. The number of rotatable bonds is 6. The third-order valence-electron chi connectivity index (χ3n) is 4.68. The zero-order valence-corrected chi connectivity index (χ0v) is 13.0. The lowest BCUT2D eigenvalue weighted by Gasteiger charge is -2.21. The Morgan fingerprint density at radius 2 is 1.95 bits per heavy atom. The van der Waals surface area contributed by atoms with Gasteiger partial charge in [-0.1, -0.05) is 27.7 Å². The smallest absolute Gasteiger partial charge is 0.166 e. The minimum absolute atomic E-state index is 0.393. The third kappa shape index (κ3) is 2.63. The zero-order valence-electron chi connectivity index (χ0n) is 13.0. The fourth-order valence-electron chi connectivity index (χ4n) is 2.80. The molecule has 0 amide bonds. The maximum absolute atomic E-state index is 9.45. The van der Waals surface area contributed by atoms with Gasteiger partial charge in [0, 0.05) is 6.54 Å². The van der Waals surface area contributed by atoms with Crippen LogP contribution >= 0.6 is 0 Å².